The standard InChI is InChI=1S/C26H33N3O2/c1-5-19-15-23-21(17-27(2)3)18-29(26(30)20-9-7-6-8-10-20)25(23)24(16-19)31-22-11-13-28(4)14-12-22/h6-10,15-16,18,22H,5,11-14,17H2,1-4H3. The third-order valence-electron chi connectivity index (χ3n) is 6.10. The Kier molecular flexibility index (Phi) is 6.44. The van der Waals surface area contributed by atoms with Crippen LogP contribution in [0.15, 0.2) is 48.7 Å². The summed E-state index contributed by atoms with van der Waals surface area (Å²) in [5.41, 5.74) is 3.95. The fourth-order valence-electron chi connectivity index (χ4n) is 4.37. The molecule has 164 valence electrons. The van der Waals surface area contributed by atoms with Crippen LogP contribution in [0.3, 0.4) is 0 Å². The van der Waals surface area contributed by atoms with E-state index in [9.17, 15) is 4.79 Å². The van der Waals surface area contributed by atoms with Crippen LogP contribution in [0.25, 0.3) is 10.9 Å². The van der Waals surface area contributed by atoms with Gasteiger partial charge >= 0.3 is 0 Å². The molecule has 2 heterocycles. The van der Waals surface area contributed by atoms with Crippen molar-refractivity contribution < 1.29 is 9.53 Å². The predicted octanol–water partition coefficient (Wildman–Crippen LogP) is 4.43. The smallest absolute Gasteiger partial charge is 0.262 e. The van der Waals surface area contributed by atoms with Crippen LogP contribution in [0, 0.1) is 0 Å². The zero-order valence-corrected chi connectivity index (χ0v) is 19.1. The first-order chi connectivity index (χ1) is 15.0. The Hall–Kier alpha value is -2.63. The highest BCUT2D eigenvalue weighted by Crippen LogP contribution is 2.35. The Bertz CT molecular complexity index is 1050. The summed E-state index contributed by atoms with van der Waals surface area (Å²) >= 11 is 0. The minimum absolute atomic E-state index is 0.0203. The van der Waals surface area contributed by atoms with E-state index in [2.05, 4.69) is 50.0 Å². The van der Waals surface area contributed by atoms with Crippen molar-refractivity contribution in [1.82, 2.24) is 14.4 Å². The Morgan fingerprint density at radius 3 is 2.48 bits per heavy atom. The Labute approximate surface area is 185 Å². The van der Waals surface area contributed by atoms with Gasteiger partial charge in [-0.25, -0.2) is 0 Å². The minimum atomic E-state index is -0.0203. The molecular formula is C26H33N3O2. The van der Waals surface area contributed by atoms with Crippen LogP contribution < -0.4 is 4.74 Å². The number of hydrogen-bond donors (Lipinski definition) is 0. The van der Waals surface area contributed by atoms with Gasteiger partial charge in [0, 0.05) is 36.8 Å². The molecule has 1 aliphatic heterocycles. The molecule has 0 spiro atoms. The van der Waals surface area contributed by atoms with E-state index in [1.165, 1.54) is 5.56 Å². The second-order valence-corrected chi connectivity index (χ2v) is 8.90. The van der Waals surface area contributed by atoms with Gasteiger partial charge in [-0.15, -0.1) is 0 Å². The molecule has 0 amide bonds. The predicted molar refractivity (Wildman–Crippen MR) is 126 cm³/mol. The van der Waals surface area contributed by atoms with Crippen LogP contribution in [-0.2, 0) is 13.0 Å². The second kappa shape index (κ2) is 9.25. The summed E-state index contributed by atoms with van der Waals surface area (Å²) in [6.45, 7) is 5.01. The first kappa shape index (κ1) is 21.6. The van der Waals surface area contributed by atoms with Crippen molar-refractivity contribution in [2.24, 2.45) is 0 Å². The number of rotatable bonds is 6. The van der Waals surface area contributed by atoms with E-state index in [1.807, 2.05) is 36.5 Å². The van der Waals surface area contributed by atoms with E-state index in [0.717, 1.165) is 61.1 Å². The van der Waals surface area contributed by atoms with Crippen LogP contribution >= 0.6 is 0 Å². The Morgan fingerprint density at radius 1 is 1.13 bits per heavy atom. The number of carbonyl (C=O) groups excluding carboxylic acids is 1. The van der Waals surface area contributed by atoms with E-state index in [1.54, 1.807) is 4.57 Å². The average Bonchev–Trinajstić information content (AvgIpc) is 3.13. The summed E-state index contributed by atoms with van der Waals surface area (Å²) < 4.78 is 8.39. The number of likely N-dealkylation sites (tertiary alicyclic amines) is 1. The maximum atomic E-state index is 13.5. The zero-order valence-electron chi connectivity index (χ0n) is 19.1. The number of piperidine rings is 1. The van der Waals surface area contributed by atoms with E-state index >= 15 is 0 Å². The molecule has 0 saturated carbocycles. The number of ether oxygens (including phenoxy) is 1. The zero-order chi connectivity index (χ0) is 22.0. The molecule has 2 aromatic carbocycles. The summed E-state index contributed by atoms with van der Waals surface area (Å²) in [5, 5.41) is 1.11. The molecule has 0 radical (unpaired) electrons. The summed E-state index contributed by atoms with van der Waals surface area (Å²) in [5.74, 6) is 0.811. The summed E-state index contributed by atoms with van der Waals surface area (Å²) in [6.07, 6.45) is 5.12. The monoisotopic (exact) mass is 419 g/mol. The van der Waals surface area contributed by atoms with Gasteiger partial charge in [-0.05, 0) is 75.8 Å². The molecular weight excluding hydrogens is 386 g/mol. The van der Waals surface area contributed by atoms with Gasteiger partial charge < -0.3 is 14.5 Å². The van der Waals surface area contributed by atoms with Gasteiger partial charge in [0.15, 0.2) is 0 Å². The number of benzene rings is 2. The highest BCUT2D eigenvalue weighted by Gasteiger charge is 2.23. The molecule has 1 saturated heterocycles. The summed E-state index contributed by atoms with van der Waals surface area (Å²) in [7, 11) is 6.27. The van der Waals surface area contributed by atoms with E-state index in [0.29, 0.717) is 5.56 Å². The lowest BCUT2D eigenvalue weighted by atomic mass is 10.1. The largest absolute Gasteiger partial charge is 0.488 e. The van der Waals surface area contributed by atoms with Crippen molar-refractivity contribution in [3.63, 3.8) is 0 Å². The highest BCUT2D eigenvalue weighted by atomic mass is 16.5. The van der Waals surface area contributed by atoms with Gasteiger partial charge in [-0.2, -0.15) is 0 Å². The van der Waals surface area contributed by atoms with Gasteiger partial charge in [0.25, 0.3) is 5.91 Å². The van der Waals surface area contributed by atoms with Crippen LogP contribution in [0.5, 0.6) is 5.75 Å². The quantitative estimate of drug-likeness (QED) is 0.593. The SMILES string of the molecule is CCc1cc(OC2CCN(C)CC2)c2c(c1)c(CN(C)C)cn2C(=O)c1ccccc1. The van der Waals surface area contributed by atoms with Crippen LogP contribution in [0.4, 0.5) is 0 Å². The number of nitrogens with zero attached hydrogens (tertiary/aromatic N) is 3. The third kappa shape index (κ3) is 4.68. The number of carbonyl (C=O) groups is 1. The fraction of sp³-hybridized carbons (Fsp3) is 0.423. The second-order valence-electron chi connectivity index (χ2n) is 8.90. The normalized spacial score (nSPS) is 15.6. The van der Waals surface area contributed by atoms with E-state index < -0.39 is 0 Å². The van der Waals surface area contributed by atoms with Crippen LogP contribution in [0.1, 0.15) is 41.3 Å². The topological polar surface area (TPSA) is 37.7 Å². The lowest BCUT2D eigenvalue weighted by Crippen LogP contribution is -2.35. The van der Waals surface area contributed by atoms with Crippen LogP contribution in [0.2, 0.25) is 0 Å². The van der Waals surface area contributed by atoms with Crippen molar-refractivity contribution >= 4 is 16.8 Å². The molecule has 1 aromatic heterocycles. The van der Waals surface area contributed by atoms with Crippen molar-refractivity contribution in [3.8, 4) is 5.75 Å². The molecule has 1 aliphatic rings. The average molecular weight is 420 g/mol. The molecule has 0 bridgehead atoms. The maximum Gasteiger partial charge on any atom is 0.262 e. The lowest BCUT2D eigenvalue weighted by molar-refractivity contribution is 0.0959. The fourth-order valence-corrected chi connectivity index (χ4v) is 4.37. The van der Waals surface area contributed by atoms with Gasteiger partial charge in [0.2, 0.25) is 0 Å². The van der Waals surface area contributed by atoms with E-state index in [4.69, 9.17) is 4.74 Å². The molecule has 5 nitrogen and oxygen atoms in total. The van der Waals surface area contributed by atoms with Gasteiger partial charge in [0.1, 0.15) is 11.9 Å². The molecule has 3 aromatic rings. The molecule has 0 N–H and O–H groups in total. The lowest BCUT2D eigenvalue weighted by Gasteiger charge is -2.29. The van der Waals surface area contributed by atoms with Crippen molar-refractivity contribution in [3.05, 3.63) is 65.4 Å². The minimum Gasteiger partial charge on any atom is -0.488 e. The first-order valence-electron chi connectivity index (χ1n) is 11.2. The third-order valence-corrected chi connectivity index (χ3v) is 6.10. The van der Waals surface area contributed by atoms with Gasteiger partial charge in [0.05, 0.1) is 5.52 Å². The molecule has 31 heavy (non-hydrogen) atoms. The Morgan fingerprint density at radius 2 is 1.84 bits per heavy atom. The number of hydrogen-bond acceptors (Lipinski definition) is 4. The molecule has 0 aliphatic carbocycles. The molecule has 4 rings (SSSR count). The molecule has 0 unspecified atom stereocenters. The summed E-state index contributed by atoms with van der Waals surface area (Å²) in [6, 6.07) is 13.9. The first-order valence-corrected chi connectivity index (χ1v) is 11.2. The summed E-state index contributed by atoms with van der Waals surface area (Å²) in [4.78, 5) is 18.0. The molecule has 0 atom stereocenters. The molecule has 1 fully saturated rings. The van der Waals surface area contributed by atoms with Crippen molar-refractivity contribution in [2.75, 3.05) is 34.2 Å². The molecule has 5 heteroatoms. The van der Waals surface area contributed by atoms with Gasteiger partial charge in [-0.3, -0.25) is 9.36 Å². The number of aryl methyl sites for hydroxylation is 1. The van der Waals surface area contributed by atoms with E-state index in [-0.39, 0.29) is 12.0 Å². The van der Waals surface area contributed by atoms with Crippen LogP contribution in [-0.4, -0.2) is 60.6 Å². The highest BCUT2D eigenvalue weighted by molar-refractivity contribution is 6.05. The van der Waals surface area contributed by atoms with Crippen molar-refractivity contribution in [1.29, 1.82) is 0 Å². The van der Waals surface area contributed by atoms with Gasteiger partial charge in [-0.1, -0.05) is 25.1 Å². The number of aromatic nitrogens is 1. The number of fused-ring (bicyclic) bond motifs is 1. The Balaban J connectivity index is 1.84. The maximum absolute atomic E-state index is 13.5. The van der Waals surface area contributed by atoms with Crippen molar-refractivity contribution in [2.45, 2.75) is 38.8 Å².